The predicted octanol–water partition coefficient (Wildman–Crippen LogP) is 9.66. The molecule has 0 atom stereocenters. The third-order valence-corrected chi connectivity index (χ3v) is 9.02. The van der Waals surface area contributed by atoms with Crippen LogP contribution in [0.2, 0.25) is 10.2 Å². The highest BCUT2D eigenvalue weighted by Crippen LogP contribution is 2.41. The molecule has 0 amide bonds. The fourth-order valence-corrected chi connectivity index (χ4v) is 6.47. The number of nitrogens with one attached hydrogen (secondary N) is 1. The number of hydrogen-bond donors (Lipinski definition) is 1. The summed E-state index contributed by atoms with van der Waals surface area (Å²) in [6, 6.07) is 10.2. The van der Waals surface area contributed by atoms with E-state index in [9.17, 15) is 26.3 Å². The molecule has 0 spiro atoms. The Morgan fingerprint density at radius 1 is 0.750 bits per heavy atom. The molecule has 6 aromatic heterocycles. The first-order valence-electron chi connectivity index (χ1n) is 13.1. The number of hydrogen-bond acceptors (Lipinski definition) is 12. The van der Waals surface area contributed by atoms with Crippen molar-refractivity contribution in [2.24, 2.45) is 0 Å². The third-order valence-electron chi connectivity index (χ3n) is 6.29. The van der Waals surface area contributed by atoms with Gasteiger partial charge in [-0.2, -0.15) is 26.3 Å². The second kappa shape index (κ2) is 13.2. The third kappa shape index (κ3) is 7.15. The van der Waals surface area contributed by atoms with E-state index in [4.69, 9.17) is 37.0 Å². The molecule has 0 aliphatic rings. The molecule has 7 aromatic rings. The van der Waals surface area contributed by atoms with Gasteiger partial charge in [0.15, 0.2) is 0 Å². The number of nitrogens with zero attached hydrogens (tertiary/aromatic N) is 6. The van der Waals surface area contributed by atoms with Crippen LogP contribution in [-0.4, -0.2) is 37.4 Å². The lowest BCUT2D eigenvalue weighted by Gasteiger charge is -2.10. The van der Waals surface area contributed by atoms with Gasteiger partial charge in [-0.05, 0) is 29.8 Å². The second-order valence-electron chi connectivity index (χ2n) is 9.46. The molecule has 0 aliphatic carbocycles. The van der Waals surface area contributed by atoms with E-state index in [1.54, 1.807) is 18.2 Å². The zero-order valence-corrected chi connectivity index (χ0v) is 26.8. The Morgan fingerprint density at radius 3 is 1.83 bits per heavy atom. The van der Waals surface area contributed by atoms with Gasteiger partial charge in [-0.15, -0.1) is 22.7 Å². The second-order valence-corrected chi connectivity index (χ2v) is 12.3. The van der Waals surface area contributed by atoms with E-state index < -0.39 is 22.1 Å². The van der Waals surface area contributed by atoms with Crippen LogP contribution in [0.5, 0.6) is 5.75 Å². The number of anilines is 1. The van der Waals surface area contributed by atoms with Gasteiger partial charge in [0.05, 0.1) is 29.9 Å². The van der Waals surface area contributed by atoms with Crippen LogP contribution in [0, 0.1) is 0 Å². The molecule has 48 heavy (non-hydrogen) atoms. The van der Waals surface area contributed by atoms with Crippen molar-refractivity contribution in [3.8, 4) is 28.9 Å². The van der Waals surface area contributed by atoms with E-state index in [1.165, 1.54) is 31.6 Å². The molecule has 0 radical (unpaired) electrons. The van der Waals surface area contributed by atoms with Crippen LogP contribution in [-0.2, 0) is 18.9 Å². The first-order valence-corrected chi connectivity index (χ1v) is 15.5. The number of ether oxygens (including phenoxy) is 1. The summed E-state index contributed by atoms with van der Waals surface area (Å²) in [4.78, 5) is 15.3. The molecule has 0 aliphatic heterocycles. The van der Waals surface area contributed by atoms with Gasteiger partial charge in [0.1, 0.15) is 36.1 Å². The summed E-state index contributed by atoms with van der Waals surface area (Å²) in [6.07, 6.45) is -6.11. The number of aromatic nitrogens is 6. The summed E-state index contributed by atoms with van der Waals surface area (Å²) in [5.74, 6) is 1.52. The van der Waals surface area contributed by atoms with Crippen molar-refractivity contribution < 1.29 is 40.1 Å². The van der Waals surface area contributed by atoms with Crippen molar-refractivity contribution in [2.75, 3.05) is 12.4 Å². The Kier molecular flexibility index (Phi) is 9.16. The van der Waals surface area contributed by atoms with E-state index in [-0.39, 0.29) is 61.1 Å². The minimum atomic E-state index is -4.47. The molecule has 0 saturated heterocycles. The van der Waals surface area contributed by atoms with Gasteiger partial charge in [0.2, 0.25) is 23.2 Å². The van der Waals surface area contributed by atoms with Crippen molar-refractivity contribution in [1.29, 1.82) is 0 Å². The number of rotatable bonds is 6. The quantitative estimate of drug-likeness (QED) is 0.130. The number of halogens is 8. The Labute approximate surface area is 282 Å². The highest BCUT2D eigenvalue weighted by atomic mass is 35.5. The average molecular weight is 747 g/mol. The van der Waals surface area contributed by atoms with Gasteiger partial charge >= 0.3 is 12.4 Å². The fourth-order valence-electron chi connectivity index (χ4n) is 4.11. The van der Waals surface area contributed by atoms with E-state index in [1.807, 2.05) is 0 Å². The molecule has 1 aromatic carbocycles. The number of alkyl halides is 6. The van der Waals surface area contributed by atoms with E-state index in [0.29, 0.717) is 33.4 Å². The maximum absolute atomic E-state index is 13.2. The van der Waals surface area contributed by atoms with Gasteiger partial charge in [-0.1, -0.05) is 39.6 Å². The lowest BCUT2D eigenvalue weighted by Crippen LogP contribution is -2.04. The minimum Gasteiger partial charge on any atom is -0.495 e. The Hall–Kier alpha value is -4.52. The van der Waals surface area contributed by atoms with Crippen LogP contribution < -0.4 is 10.1 Å². The molecule has 0 fully saturated rings. The van der Waals surface area contributed by atoms with Gasteiger partial charge in [-0.3, -0.25) is 0 Å². The normalized spacial score (nSPS) is 11.9. The summed E-state index contributed by atoms with van der Waals surface area (Å²) in [6.45, 7) is 0.281. The molecular formula is C28H15Cl2F6N7O3S2. The molecule has 248 valence electrons. The maximum atomic E-state index is 13.2. The molecule has 1 N–H and O–H groups in total. The van der Waals surface area contributed by atoms with Gasteiger partial charge in [-0.25, -0.2) is 19.9 Å². The summed E-state index contributed by atoms with van der Waals surface area (Å²) in [5, 5.41) is 10.9. The largest absolute Gasteiger partial charge is 0.495 e. The molecule has 10 nitrogen and oxygen atoms in total. The van der Waals surface area contributed by atoms with E-state index in [0.717, 1.165) is 17.7 Å². The van der Waals surface area contributed by atoms with Crippen molar-refractivity contribution >= 4 is 72.1 Å². The van der Waals surface area contributed by atoms with Crippen molar-refractivity contribution in [2.45, 2.75) is 18.9 Å². The monoisotopic (exact) mass is 745 g/mol. The summed E-state index contributed by atoms with van der Waals surface area (Å²) in [5.41, 5.74) is 0.801. The Morgan fingerprint density at radius 2 is 1.31 bits per heavy atom. The Balaban J connectivity index is 0.000000182. The standard InChI is InChI=1S/C18H12ClF3N4O2S.C10H3ClF3N3OS/c1-27-12-3-2-9(6-11(12)19)8-23-15-10-7-14(18(20,21)22)29-17(10)26-16(25-15)13-4-5-24-28-13;11-7-4-3-6(10(12,13)14)19-9(4)17-8(16-7)5-1-2-15-18-5/h2-7H,8H2,1H3,(H,23,25,26);1-3H. The molecule has 20 heteroatoms. The number of thiophene rings is 2. The van der Waals surface area contributed by atoms with Crippen LogP contribution in [0.25, 0.3) is 43.6 Å². The summed E-state index contributed by atoms with van der Waals surface area (Å²) >= 11 is 13.1. The van der Waals surface area contributed by atoms with Gasteiger partial charge < -0.3 is 19.1 Å². The van der Waals surface area contributed by atoms with Crippen molar-refractivity contribution in [3.63, 3.8) is 0 Å². The summed E-state index contributed by atoms with van der Waals surface area (Å²) < 4.78 is 92.4. The molecule has 6 heterocycles. The number of benzene rings is 1. The van der Waals surface area contributed by atoms with Crippen LogP contribution >= 0.6 is 45.9 Å². The molecular weight excluding hydrogens is 731 g/mol. The molecule has 7 rings (SSSR count). The van der Waals surface area contributed by atoms with E-state index >= 15 is 0 Å². The van der Waals surface area contributed by atoms with Crippen molar-refractivity contribution in [3.05, 3.63) is 80.4 Å². The van der Waals surface area contributed by atoms with Crippen LogP contribution in [0.15, 0.2) is 63.9 Å². The first kappa shape index (κ1) is 33.4. The summed E-state index contributed by atoms with van der Waals surface area (Å²) in [7, 11) is 1.51. The number of fused-ring (bicyclic) bond motifs is 2. The van der Waals surface area contributed by atoms with Crippen LogP contribution in [0.3, 0.4) is 0 Å². The highest BCUT2D eigenvalue weighted by molar-refractivity contribution is 7.19. The van der Waals surface area contributed by atoms with Crippen LogP contribution in [0.1, 0.15) is 15.3 Å². The number of methoxy groups -OCH3 is 1. The topological polar surface area (TPSA) is 125 Å². The maximum Gasteiger partial charge on any atom is 0.425 e. The van der Waals surface area contributed by atoms with Gasteiger partial charge in [0, 0.05) is 24.1 Å². The first-order chi connectivity index (χ1) is 22.8. The SMILES string of the molecule is COc1ccc(CNc2nc(-c3ccno3)nc3sc(C(F)(F)F)cc23)cc1Cl.FC(F)(F)c1cc2c(Cl)nc(-c3ccno3)nc2s1. The molecule has 0 unspecified atom stereocenters. The lowest BCUT2D eigenvalue weighted by molar-refractivity contribution is -0.135. The predicted molar refractivity (Wildman–Crippen MR) is 166 cm³/mol. The molecule has 0 bridgehead atoms. The Bertz CT molecular complexity index is 2210. The van der Waals surface area contributed by atoms with Gasteiger partial charge in [0.25, 0.3) is 0 Å². The van der Waals surface area contributed by atoms with Crippen molar-refractivity contribution in [1.82, 2.24) is 30.2 Å². The lowest BCUT2D eigenvalue weighted by atomic mass is 10.2. The van der Waals surface area contributed by atoms with Crippen LogP contribution in [0.4, 0.5) is 32.2 Å². The molecule has 0 saturated carbocycles. The zero-order chi connectivity index (χ0) is 34.2. The smallest absolute Gasteiger partial charge is 0.425 e. The van der Waals surface area contributed by atoms with E-state index in [2.05, 4.69) is 35.6 Å². The zero-order valence-electron chi connectivity index (χ0n) is 23.7. The average Bonchev–Trinajstić information content (AvgIpc) is 3.85. The highest BCUT2D eigenvalue weighted by Gasteiger charge is 2.35. The fraction of sp³-hybridized carbons (Fsp3) is 0.143. The minimum absolute atomic E-state index is 0.0526.